The van der Waals surface area contributed by atoms with Crippen LogP contribution in [-0.2, 0) is 0 Å². The van der Waals surface area contributed by atoms with E-state index in [0.29, 0.717) is 27.8 Å². The van der Waals surface area contributed by atoms with E-state index in [4.69, 9.17) is 9.90 Å². The van der Waals surface area contributed by atoms with Crippen LogP contribution in [-0.4, -0.2) is 0 Å². The van der Waals surface area contributed by atoms with Gasteiger partial charge in [-0.15, -0.1) is 0 Å². The number of hydrogen-bond acceptors (Lipinski definition) is 1. The molecule has 10 aromatic carbocycles. The molecule has 0 radical (unpaired) electrons. The van der Waals surface area contributed by atoms with Crippen LogP contribution in [0.4, 0.5) is 0 Å². The van der Waals surface area contributed by atoms with Gasteiger partial charge in [0.05, 0.1) is 11.0 Å². The van der Waals surface area contributed by atoms with E-state index in [1.165, 1.54) is 0 Å². The van der Waals surface area contributed by atoms with Gasteiger partial charge in [0, 0.05) is 16.3 Å². The van der Waals surface area contributed by atoms with E-state index in [0.717, 1.165) is 60.2 Å². The highest BCUT2D eigenvalue weighted by Crippen LogP contribution is 2.49. The highest BCUT2D eigenvalue weighted by molar-refractivity contribution is 6.25. The molecular weight excluding hydrogens is 641 g/mol. The zero-order chi connectivity index (χ0) is 41.8. The Morgan fingerprint density at radius 3 is 1.66 bits per heavy atom. The number of rotatable bonds is 4. The summed E-state index contributed by atoms with van der Waals surface area (Å²) >= 11 is 0. The minimum Gasteiger partial charge on any atom is -0.456 e. The SMILES string of the molecule is [2H]c1c([2H])c([2H])c2c(-c3cccc4ccccc34)c3c([2H])c([2H])c([2H])c([2H])c3c(-c3cc(-c4c(-c5ccccc5)ccc5oc6ccccc6c45)c4ccccc4c3)c2c1[2H]. The fourth-order valence-electron chi connectivity index (χ4n) is 8.24. The zero-order valence-corrected chi connectivity index (χ0v) is 28.3. The summed E-state index contributed by atoms with van der Waals surface area (Å²) in [4.78, 5) is 0. The first-order valence-electron chi connectivity index (χ1n) is 21.6. The summed E-state index contributed by atoms with van der Waals surface area (Å²) in [5.74, 6) is 0. The molecule has 0 saturated heterocycles. The van der Waals surface area contributed by atoms with E-state index in [1.807, 2.05) is 121 Å². The molecular formula is C52H32O. The molecule has 0 atom stereocenters. The molecule has 0 N–H and O–H groups in total. The van der Waals surface area contributed by atoms with Gasteiger partial charge in [-0.05, 0) is 106 Å². The predicted octanol–water partition coefficient (Wildman–Crippen LogP) is 14.9. The Morgan fingerprint density at radius 1 is 0.340 bits per heavy atom. The Labute approximate surface area is 318 Å². The minimum atomic E-state index is -0.440. The Hall–Kier alpha value is -6.96. The summed E-state index contributed by atoms with van der Waals surface area (Å²) in [7, 11) is 0. The summed E-state index contributed by atoms with van der Waals surface area (Å²) in [6.45, 7) is 0. The molecule has 1 aromatic heterocycles. The molecule has 1 nitrogen and oxygen atoms in total. The third-order valence-electron chi connectivity index (χ3n) is 10.5. The van der Waals surface area contributed by atoms with Crippen LogP contribution in [0.3, 0.4) is 0 Å². The number of fused-ring (bicyclic) bond motifs is 7. The third-order valence-corrected chi connectivity index (χ3v) is 10.5. The maximum Gasteiger partial charge on any atom is 0.136 e. The first-order chi connectivity index (χ1) is 29.6. The van der Waals surface area contributed by atoms with Crippen molar-refractivity contribution < 1.29 is 15.4 Å². The largest absolute Gasteiger partial charge is 0.456 e. The van der Waals surface area contributed by atoms with Gasteiger partial charge < -0.3 is 4.42 Å². The van der Waals surface area contributed by atoms with E-state index in [-0.39, 0.29) is 45.7 Å². The average Bonchev–Trinajstić information content (AvgIpc) is 3.68. The lowest BCUT2D eigenvalue weighted by Gasteiger charge is -2.20. The molecule has 11 rings (SSSR count). The van der Waals surface area contributed by atoms with Crippen molar-refractivity contribution in [2.45, 2.75) is 0 Å². The van der Waals surface area contributed by atoms with Crippen LogP contribution in [0.25, 0.3) is 110 Å². The van der Waals surface area contributed by atoms with E-state index in [1.54, 1.807) is 0 Å². The third kappa shape index (κ3) is 4.58. The summed E-state index contributed by atoms with van der Waals surface area (Å²) in [6, 6.07) is 44.5. The molecule has 1 heterocycles. The smallest absolute Gasteiger partial charge is 0.136 e. The van der Waals surface area contributed by atoms with Crippen LogP contribution in [0.15, 0.2) is 198 Å². The number of para-hydroxylation sites is 1. The van der Waals surface area contributed by atoms with Crippen molar-refractivity contribution in [1.29, 1.82) is 0 Å². The Morgan fingerprint density at radius 2 is 0.925 bits per heavy atom. The summed E-state index contributed by atoms with van der Waals surface area (Å²) < 4.78 is 80.9. The van der Waals surface area contributed by atoms with Crippen LogP contribution in [0, 0.1) is 0 Å². The predicted molar refractivity (Wildman–Crippen MR) is 225 cm³/mol. The normalized spacial score (nSPS) is 13.9. The van der Waals surface area contributed by atoms with Gasteiger partial charge in [0.15, 0.2) is 0 Å². The summed E-state index contributed by atoms with van der Waals surface area (Å²) in [5.41, 5.74) is 6.84. The molecule has 0 aliphatic heterocycles. The van der Waals surface area contributed by atoms with Crippen molar-refractivity contribution >= 4 is 65.0 Å². The fraction of sp³-hybridized carbons (Fsp3) is 0. The van der Waals surface area contributed by atoms with Crippen LogP contribution in [0.5, 0.6) is 0 Å². The van der Waals surface area contributed by atoms with Gasteiger partial charge >= 0.3 is 0 Å². The molecule has 0 fully saturated rings. The first-order valence-corrected chi connectivity index (χ1v) is 17.6. The van der Waals surface area contributed by atoms with Gasteiger partial charge in [-0.1, -0.05) is 170 Å². The second-order valence-corrected chi connectivity index (χ2v) is 13.3. The molecule has 0 amide bonds. The first kappa shape index (κ1) is 22.8. The van der Waals surface area contributed by atoms with E-state index >= 15 is 0 Å². The van der Waals surface area contributed by atoms with Crippen molar-refractivity contribution in [1.82, 2.24) is 0 Å². The van der Waals surface area contributed by atoms with Crippen LogP contribution in [0.1, 0.15) is 11.0 Å². The highest BCUT2D eigenvalue weighted by Gasteiger charge is 2.22. The zero-order valence-electron chi connectivity index (χ0n) is 36.3. The van der Waals surface area contributed by atoms with Gasteiger partial charge in [0.2, 0.25) is 0 Å². The average molecular weight is 681 g/mol. The second-order valence-electron chi connectivity index (χ2n) is 13.3. The molecule has 0 saturated carbocycles. The summed E-state index contributed by atoms with van der Waals surface area (Å²) in [6.07, 6.45) is 0. The van der Waals surface area contributed by atoms with Crippen molar-refractivity contribution in [3.05, 3.63) is 194 Å². The fourth-order valence-corrected chi connectivity index (χ4v) is 8.24. The number of furan rings is 1. The maximum absolute atomic E-state index is 9.64. The molecule has 0 bridgehead atoms. The molecule has 53 heavy (non-hydrogen) atoms. The van der Waals surface area contributed by atoms with Gasteiger partial charge in [-0.2, -0.15) is 0 Å². The van der Waals surface area contributed by atoms with Crippen LogP contribution in [0.2, 0.25) is 0 Å². The van der Waals surface area contributed by atoms with Crippen LogP contribution < -0.4 is 0 Å². The highest BCUT2D eigenvalue weighted by atomic mass is 16.3. The van der Waals surface area contributed by atoms with Crippen LogP contribution >= 0.6 is 0 Å². The Balaban J connectivity index is 1.39. The van der Waals surface area contributed by atoms with Crippen molar-refractivity contribution in [2.75, 3.05) is 0 Å². The topological polar surface area (TPSA) is 13.1 Å². The Bertz CT molecular complexity index is 3600. The van der Waals surface area contributed by atoms with E-state index in [9.17, 15) is 5.48 Å². The molecule has 0 aliphatic rings. The molecule has 11 aromatic rings. The van der Waals surface area contributed by atoms with E-state index in [2.05, 4.69) is 24.3 Å². The lowest BCUT2D eigenvalue weighted by molar-refractivity contribution is 0.669. The van der Waals surface area contributed by atoms with E-state index < -0.39 is 24.2 Å². The number of benzene rings is 10. The molecule has 0 unspecified atom stereocenters. The quantitative estimate of drug-likeness (QED) is 0.169. The molecule has 1 heteroatoms. The van der Waals surface area contributed by atoms with Gasteiger partial charge in [0.25, 0.3) is 0 Å². The minimum absolute atomic E-state index is 0.169. The maximum atomic E-state index is 9.64. The van der Waals surface area contributed by atoms with Crippen molar-refractivity contribution in [2.24, 2.45) is 0 Å². The van der Waals surface area contributed by atoms with Gasteiger partial charge in [-0.25, -0.2) is 0 Å². The standard InChI is InChI=1S/C52H32O/c1-2-15-34(16-3-1)39-29-30-48-52(45-26-12-13-28-47(45)53-48)51(39)46-32-36(31-35-18-5-7-21-38(35)46)49-41-22-8-10-24-43(41)50(44-25-11-9-23-42(44)49)40-27-14-19-33-17-4-6-20-37(33)40/h1-32H/i8D,9D,10D,11D,22D,23D,24D,25D. The second kappa shape index (κ2) is 11.8. The monoisotopic (exact) mass is 680 g/mol. The lowest BCUT2D eigenvalue weighted by Crippen LogP contribution is -1.93. The van der Waals surface area contributed by atoms with Crippen molar-refractivity contribution in [3.8, 4) is 44.5 Å². The molecule has 0 aliphatic carbocycles. The summed E-state index contributed by atoms with van der Waals surface area (Å²) in [5, 5.41) is 5.94. The molecule has 246 valence electrons. The Kier molecular flexibility index (Phi) is 5.07. The lowest BCUT2D eigenvalue weighted by atomic mass is 9.82. The van der Waals surface area contributed by atoms with Gasteiger partial charge in [-0.3, -0.25) is 0 Å². The van der Waals surface area contributed by atoms with Crippen molar-refractivity contribution in [3.63, 3.8) is 0 Å². The number of hydrogen-bond donors (Lipinski definition) is 0. The molecule has 0 spiro atoms. The van der Waals surface area contributed by atoms with Gasteiger partial charge in [0.1, 0.15) is 11.2 Å².